The number of hydrogen-bond donors (Lipinski definition) is 3. The molecular weight excluding hydrogens is 252 g/mol. The molecule has 4 N–H and O–H groups in total. The quantitative estimate of drug-likeness (QED) is 0.694. The third kappa shape index (κ3) is 3.08. The van der Waals surface area contributed by atoms with E-state index < -0.39 is 16.1 Å². The minimum atomic E-state index is -3.78. The Balaban J connectivity index is 3.08. The molecule has 0 amide bonds. The molecule has 1 aromatic carbocycles. The molecule has 0 saturated carbocycles. The van der Waals surface area contributed by atoms with Crippen molar-refractivity contribution in [2.75, 3.05) is 12.3 Å². The van der Waals surface area contributed by atoms with Crippen molar-refractivity contribution < 1.29 is 13.5 Å². The standard InChI is InChI=1S/C9H13ClN2O3S/c1-6(13)5-12-16(14,15)9-7(10)3-2-4-8(9)11/h2-4,6,12-13H,5,11H2,1H3/t6-/m1/s1. The normalized spacial score (nSPS) is 13.7. The van der Waals surface area contributed by atoms with Crippen molar-refractivity contribution in [3.8, 4) is 0 Å². The molecule has 0 heterocycles. The molecule has 0 aliphatic carbocycles. The highest BCUT2D eigenvalue weighted by Crippen LogP contribution is 2.26. The van der Waals surface area contributed by atoms with Gasteiger partial charge in [0.05, 0.1) is 16.8 Å². The Labute approximate surface area is 99.3 Å². The molecule has 0 aliphatic heterocycles. The predicted octanol–water partition coefficient (Wildman–Crippen LogP) is 0.581. The average molecular weight is 265 g/mol. The molecule has 0 bridgehead atoms. The molecule has 1 aromatic rings. The van der Waals surface area contributed by atoms with Crippen LogP contribution in [0.1, 0.15) is 6.92 Å². The highest BCUT2D eigenvalue weighted by molar-refractivity contribution is 7.89. The van der Waals surface area contributed by atoms with E-state index in [2.05, 4.69) is 4.72 Å². The zero-order valence-electron chi connectivity index (χ0n) is 8.64. The zero-order valence-corrected chi connectivity index (χ0v) is 10.2. The summed E-state index contributed by atoms with van der Waals surface area (Å²) < 4.78 is 25.8. The molecule has 0 fully saturated rings. The van der Waals surface area contributed by atoms with E-state index in [1.54, 1.807) is 6.07 Å². The number of hydrogen-bond acceptors (Lipinski definition) is 4. The summed E-state index contributed by atoms with van der Waals surface area (Å²) in [5, 5.41) is 9.06. The SMILES string of the molecule is C[C@@H](O)CNS(=O)(=O)c1c(N)cccc1Cl. The molecule has 1 atom stereocenters. The van der Waals surface area contributed by atoms with Crippen molar-refractivity contribution in [1.29, 1.82) is 0 Å². The summed E-state index contributed by atoms with van der Waals surface area (Å²) in [6.07, 6.45) is -0.779. The number of sulfonamides is 1. The van der Waals surface area contributed by atoms with Crippen molar-refractivity contribution in [3.63, 3.8) is 0 Å². The highest BCUT2D eigenvalue weighted by atomic mass is 35.5. The molecule has 1 rings (SSSR count). The first kappa shape index (κ1) is 13.2. The first-order chi connectivity index (χ1) is 7.34. The zero-order chi connectivity index (χ0) is 12.3. The lowest BCUT2D eigenvalue weighted by Crippen LogP contribution is -2.31. The number of nitrogen functional groups attached to an aromatic ring is 1. The van der Waals surface area contributed by atoms with Crippen molar-refractivity contribution in [1.82, 2.24) is 4.72 Å². The van der Waals surface area contributed by atoms with Gasteiger partial charge in [0.2, 0.25) is 10.0 Å². The molecule has 0 spiro atoms. The molecule has 0 aromatic heterocycles. The van der Waals surface area contributed by atoms with Gasteiger partial charge in [-0.2, -0.15) is 0 Å². The third-order valence-electron chi connectivity index (χ3n) is 1.83. The Morgan fingerprint density at radius 1 is 1.56 bits per heavy atom. The van der Waals surface area contributed by atoms with Crippen LogP contribution in [0, 0.1) is 0 Å². The van der Waals surface area contributed by atoms with Crippen LogP contribution in [0.2, 0.25) is 5.02 Å². The minimum Gasteiger partial charge on any atom is -0.398 e. The van der Waals surface area contributed by atoms with Gasteiger partial charge in [0, 0.05) is 6.54 Å². The Bertz CT molecular complexity index is 453. The van der Waals surface area contributed by atoms with Crippen molar-refractivity contribution in [2.24, 2.45) is 0 Å². The minimum absolute atomic E-state index is 0.0538. The number of nitrogens with two attached hydrogens (primary N) is 1. The van der Waals surface area contributed by atoms with E-state index >= 15 is 0 Å². The fourth-order valence-electron chi connectivity index (χ4n) is 1.11. The van der Waals surface area contributed by atoms with Gasteiger partial charge < -0.3 is 10.8 Å². The van der Waals surface area contributed by atoms with Gasteiger partial charge in [-0.3, -0.25) is 0 Å². The summed E-state index contributed by atoms with van der Waals surface area (Å²) in [4.78, 5) is -0.155. The number of rotatable bonds is 4. The molecule has 0 radical (unpaired) electrons. The molecule has 0 aliphatic rings. The van der Waals surface area contributed by atoms with Crippen LogP contribution in [0.4, 0.5) is 5.69 Å². The topological polar surface area (TPSA) is 92.4 Å². The van der Waals surface area contributed by atoms with Gasteiger partial charge in [-0.1, -0.05) is 17.7 Å². The lowest BCUT2D eigenvalue weighted by molar-refractivity contribution is 0.198. The monoisotopic (exact) mass is 264 g/mol. The van der Waals surface area contributed by atoms with Crippen molar-refractivity contribution in [2.45, 2.75) is 17.9 Å². The summed E-state index contributed by atoms with van der Waals surface area (Å²) >= 11 is 5.77. The second-order valence-corrected chi connectivity index (χ2v) is 5.47. The molecule has 0 saturated heterocycles. The average Bonchev–Trinajstić information content (AvgIpc) is 2.14. The number of anilines is 1. The van der Waals surface area contributed by atoms with Gasteiger partial charge in [0.15, 0.2) is 0 Å². The van der Waals surface area contributed by atoms with Crippen LogP contribution in [0.3, 0.4) is 0 Å². The fraction of sp³-hybridized carbons (Fsp3) is 0.333. The van der Waals surface area contributed by atoms with E-state index in [9.17, 15) is 8.42 Å². The van der Waals surface area contributed by atoms with Crippen LogP contribution in [0.15, 0.2) is 23.1 Å². The Kier molecular flexibility index (Phi) is 4.15. The summed E-state index contributed by atoms with van der Waals surface area (Å²) in [5.74, 6) is 0. The van der Waals surface area contributed by atoms with E-state index in [1.807, 2.05) is 0 Å². The maximum absolute atomic E-state index is 11.8. The number of nitrogens with one attached hydrogen (secondary N) is 1. The molecule has 5 nitrogen and oxygen atoms in total. The summed E-state index contributed by atoms with van der Waals surface area (Å²) in [6, 6.07) is 4.45. The largest absolute Gasteiger partial charge is 0.398 e. The van der Waals surface area contributed by atoms with E-state index in [4.69, 9.17) is 22.4 Å². The summed E-state index contributed by atoms with van der Waals surface area (Å²) in [7, 11) is -3.78. The van der Waals surface area contributed by atoms with Gasteiger partial charge in [0.1, 0.15) is 4.90 Å². The summed E-state index contributed by atoms with van der Waals surface area (Å²) in [5.41, 5.74) is 5.62. The van der Waals surface area contributed by atoms with Crippen molar-refractivity contribution >= 4 is 27.3 Å². The van der Waals surface area contributed by atoms with Gasteiger partial charge in [-0.15, -0.1) is 0 Å². The molecule has 7 heteroatoms. The van der Waals surface area contributed by atoms with Gasteiger partial charge in [-0.05, 0) is 19.1 Å². The highest BCUT2D eigenvalue weighted by Gasteiger charge is 2.20. The smallest absolute Gasteiger partial charge is 0.244 e. The Hall–Kier alpha value is -0.820. The van der Waals surface area contributed by atoms with Crippen molar-refractivity contribution in [3.05, 3.63) is 23.2 Å². The number of halogens is 1. The number of aliphatic hydroxyl groups excluding tert-OH is 1. The van der Waals surface area contributed by atoms with Gasteiger partial charge >= 0.3 is 0 Å². The van der Waals surface area contributed by atoms with Crippen LogP contribution >= 0.6 is 11.6 Å². The molecule has 0 unspecified atom stereocenters. The first-order valence-electron chi connectivity index (χ1n) is 4.56. The maximum Gasteiger partial charge on any atom is 0.244 e. The van der Waals surface area contributed by atoms with Crippen LogP contribution in [-0.4, -0.2) is 26.2 Å². The third-order valence-corrected chi connectivity index (χ3v) is 3.80. The van der Waals surface area contributed by atoms with E-state index in [1.165, 1.54) is 19.1 Å². The summed E-state index contributed by atoms with van der Waals surface area (Å²) in [6.45, 7) is 1.38. The van der Waals surface area contributed by atoms with Gasteiger partial charge in [0.25, 0.3) is 0 Å². The Morgan fingerprint density at radius 3 is 2.69 bits per heavy atom. The van der Waals surface area contributed by atoms with Gasteiger partial charge in [-0.25, -0.2) is 13.1 Å². The lowest BCUT2D eigenvalue weighted by atomic mass is 10.3. The first-order valence-corrected chi connectivity index (χ1v) is 6.42. The van der Waals surface area contributed by atoms with E-state index in [0.717, 1.165) is 0 Å². The number of benzene rings is 1. The Morgan fingerprint density at radius 2 is 2.19 bits per heavy atom. The van der Waals surface area contributed by atoms with Crippen LogP contribution < -0.4 is 10.5 Å². The molecule has 90 valence electrons. The molecular formula is C9H13ClN2O3S. The lowest BCUT2D eigenvalue weighted by Gasteiger charge is -2.11. The van der Waals surface area contributed by atoms with Crippen LogP contribution in [0.5, 0.6) is 0 Å². The second-order valence-electron chi connectivity index (χ2n) is 3.36. The number of aliphatic hydroxyl groups is 1. The second kappa shape index (κ2) is 5.01. The fourth-order valence-corrected chi connectivity index (χ4v) is 2.91. The molecule has 16 heavy (non-hydrogen) atoms. The van der Waals surface area contributed by atoms with Crippen LogP contribution in [-0.2, 0) is 10.0 Å². The predicted molar refractivity (Wildman–Crippen MR) is 62.7 cm³/mol. The van der Waals surface area contributed by atoms with E-state index in [0.29, 0.717) is 0 Å². The maximum atomic E-state index is 11.8. The van der Waals surface area contributed by atoms with E-state index in [-0.39, 0.29) is 22.2 Å². The van der Waals surface area contributed by atoms with Crippen LogP contribution in [0.25, 0.3) is 0 Å².